The summed E-state index contributed by atoms with van der Waals surface area (Å²) in [7, 11) is 0. The Kier molecular flexibility index (Phi) is 1.84. The minimum atomic E-state index is -0.451. The van der Waals surface area contributed by atoms with Gasteiger partial charge in [0.1, 0.15) is 6.21 Å². The first kappa shape index (κ1) is 6.54. The molecule has 0 saturated carbocycles. The Bertz CT molecular complexity index is 238. The Hall–Kier alpha value is -1.58. The average Bonchev–Trinajstić information content (AvgIpc) is 2.38. The highest BCUT2D eigenvalue weighted by atomic mass is 16.4. The first-order valence-electron chi connectivity index (χ1n) is 2.60. The van der Waals surface area contributed by atoms with E-state index < -0.39 is 5.78 Å². The largest absolute Gasteiger partial charge is 0.461 e. The van der Waals surface area contributed by atoms with Gasteiger partial charge in [0.25, 0.3) is 0 Å². The van der Waals surface area contributed by atoms with E-state index in [1.807, 2.05) is 0 Å². The Balaban J connectivity index is 2.78. The van der Waals surface area contributed by atoms with Crippen molar-refractivity contribution in [1.82, 2.24) is 0 Å². The van der Waals surface area contributed by atoms with Gasteiger partial charge >= 0.3 is 0 Å². The highest BCUT2D eigenvalue weighted by molar-refractivity contribution is 6.34. The average molecular weight is 139 g/mol. The van der Waals surface area contributed by atoms with Crippen LogP contribution >= 0.6 is 0 Å². The van der Waals surface area contributed by atoms with Crippen molar-refractivity contribution in [3.8, 4) is 0 Å². The summed E-state index contributed by atoms with van der Waals surface area (Å²) in [6.45, 7) is 0. The van der Waals surface area contributed by atoms with Crippen LogP contribution in [0.3, 0.4) is 0 Å². The van der Waals surface area contributed by atoms with Crippen molar-refractivity contribution in [2.24, 2.45) is 5.16 Å². The molecule has 0 aromatic carbocycles. The molecule has 1 rings (SSSR count). The number of ketones is 1. The molecule has 1 aromatic heterocycles. The smallest absolute Gasteiger partial charge is 0.242 e. The van der Waals surface area contributed by atoms with Crippen LogP contribution in [0.4, 0.5) is 0 Å². The molecule has 52 valence electrons. The van der Waals surface area contributed by atoms with Gasteiger partial charge in [0.2, 0.25) is 5.78 Å². The first-order valence-corrected chi connectivity index (χ1v) is 2.60. The molecular formula is C6H5NO3. The zero-order valence-corrected chi connectivity index (χ0v) is 5.02. The summed E-state index contributed by atoms with van der Waals surface area (Å²) >= 11 is 0. The fourth-order valence-electron chi connectivity index (χ4n) is 0.535. The number of Topliss-reactive ketones (excluding diaryl/α,β-unsaturated/α-hetero) is 1. The quantitative estimate of drug-likeness (QED) is 0.287. The van der Waals surface area contributed by atoms with E-state index in [0.29, 0.717) is 0 Å². The number of nitrogens with zero attached hydrogens (tertiary/aromatic N) is 1. The van der Waals surface area contributed by atoms with Gasteiger partial charge in [0, 0.05) is 0 Å². The van der Waals surface area contributed by atoms with Gasteiger partial charge in [0.05, 0.1) is 6.26 Å². The third-order valence-electron chi connectivity index (χ3n) is 0.939. The number of hydrogen-bond acceptors (Lipinski definition) is 4. The highest BCUT2D eigenvalue weighted by Crippen LogP contribution is 1.98. The lowest BCUT2D eigenvalue weighted by Crippen LogP contribution is -1.96. The molecule has 0 fully saturated rings. The molecule has 0 atom stereocenters. The molecule has 0 aliphatic carbocycles. The molecule has 0 unspecified atom stereocenters. The number of hydrogen-bond donors (Lipinski definition) is 1. The number of carbonyl (C=O) groups excluding carboxylic acids is 1. The van der Waals surface area contributed by atoms with Gasteiger partial charge in [-0.15, -0.1) is 0 Å². The minimum absolute atomic E-state index is 0.165. The Labute approximate surface area is 56.8 Å². The van der Waals surface area contributed by atoms with E-state index in [1.165, 1.54) is 12.3 Å². The Morgan fingerprint density at radius 1 is 1.80 bits per heavy atom. The maximum atomic E-state index is 10.7. The van der Waals surface area contributed by atoms with Crippen LogP contribution in [-0.2, 0) is 0 Å². The molecule has 4 heteroatoms. The molecule has 1 heterocycles. The molecule has 0 aliphatic heterocycles. The summed E-state index contributed by atoms with van der Waals surface area (Å²) in [6.07, 6.45) is 2.15. The molecule has 0 spiro atoms. The van der Waals surface area contributed by atoms with Crippen molar-refractivity contribution < 1.29 is 14.4 Å². The number of carbonyl (C=O) groups is 1. The molecule has 0 radical (unpaired) electrons. The molecule has 4 nitrogen and oxygen atoms in total. The van der Waals surface area contributed by atoms with Gasteiger partial charge in [-0.25, -0.2) is 0 Å². The van der Waals surface area contributed by atoms with Crippen LogP contribution in [0.1, 0.15) is 10.6 Å². The van der Waals surface area contributed by atoms with Crippen molar-refractivity contribution in [3.63, 3.8) is 0 Å². The van der Waals surface area contributed by atoms with Crippen LogP contribution in [0.2, 0.25) is 0 Å². The van der Waals surface area contributed by atoms with E-state index in [4.69, 9.17) is 9.62 Å². The lowest BCUT2D eigenvalue weighted by atomic mass is 10.3. The second-order valence-electron chi connectivity index (χ2n) is 1.59. The molecule has 1 aromatic rings. The van der Waals surface area contributed by atoms with Crippen molar-refractivity contribution in [2.45, 2.75) is 0 Å². The second kappa shape index (κ2) is 2.82. The molecular weight excluding hydrogens is 134 g/mol. The van der Waals surface area contributed by atoms with Crippen LogP contribution in [0.15, 0.2) is 28.0 Å². The zero-order chi connectivity index (χ0) is 7.40. The van der Waals surface area contributed by atoms with Crippen molar-refractivity contribution in [1.29, 1.82) is 0 Å². The van der Waals surface area contributed by atoms with Crippen molar-refractivity contribution in [2.75, 3.05) is 0 Å². The van der Waals surface area contributed by atoms with Gasteiger partial charge in [-0.05, 0) is 12.1 Å². The SMILES string of the molecule is O=C(/C=N/O)c1ccco1. The van der Waals surface area contributed by atoms with Crippen molar-refractivity contribution in [3.05, 3.63) is 24.2 Å². The van der Waals surface area contributed by atoms with Gasteiger partial charge in [-0.3, -0.25) is 4.79 Å². The number of oxime groups is 1. The minimum Gasteiger partial charge on any atom is -0.461 e. The molecule has 0 saturated heterocycles. The highest BCUT2D eigenvalue weighted by Gasteiger charge is 2.03. The summed E-state index contributed by atoms with van der Waals surface area (Å²) in [6, 6.07) is 3.07. The van der Waals surface area contributed by atoms with Crippen LogP contribution < -0.4 is 0 Å². The molecule has 0 amide bonds. The third-order valence-corrected chi connectivity index (χ3v) is 0.939. The zero-order valence-electron chi connectivity index (χ0n) is 5.02. The lowest BCUT2D eigenvalue weighted by Gasteiger charge is -1.82. The first-order chi connectivity index (χ1) is 4.84. The summed E-state index contributed by atoms with van der Waals surface area (Å²) in [5, 5.41) is 10.5. The number of furan rings is 1. The Morgan fingerprint density at radius 3 is 3.10 bits per heavy atom. The van der Waals surface area contributed by atoms with Gasteiger partial charge in [-0.2, -0.15) is 0 Å². The summed E-state index contributed by atoms with van der Waals surface area (Å²) < 4.78 is 4.70. The van der Waals surface area contributed by atoms with E-state index in [-0.39, 0.29) is 5.76 Å². The van der Waals surface area contributed by atoms with E-state index in [2.05, 4.69) is 5.16 Å². The van der Waals surface area contributed by atoms with Gasteiger partial charge < -0.3 is 9.62 Å². The second-order valence-corrected chi connectivity index (χ2v) is 1.59. The number of rotatable bonds is 2. The van der Waals surface area contributed by atoms with E-state index in [1.54, 1.807) is 6.07 Å². The fraction of sp³-hybridized carbons (Fsp3) is 0. The molecule has 1 N–H and O–H groups in total. The van der Waals surface area contributed by atoms with Crippen LogP contribution in [0.5, 0.6) is 0 Å². The maximum Gasteiger partial charge on any atom is 0.242 e. The lowest BCUT2D eigenvalue weighted by molar-refractivity contribution is 0.104. The molecule has 0 aliphatic rings. The molecule has 10 heavy (non-hydrogen) atoms. The van der Waals surface area contributed by atoms with Crippen molar-refractivity contribution >= 4 is 12.0 Å². The van der Waals surface area contributed by atoms with E-state index in [9.17, 15) is 4.79 Å². The normalized spacial score (nSPS) is 10.4. The predicted octanol–water partition coefficient (Wildman–Crippen LogP) is 0.922. The summed E-state index contributed by atoms with van der Waals surface area (Å²) in [4.78, 5) is 10.7. The van der Waals surface area contributed by atoms with Crippen LogP contribution in [-0.4, -0.2) is 17.2 Å². The predicted molar refractivity (Wildman–Crippen MR) is 33.3 cm³/mol. The third kappa shape index (κ3) is 1.22. The fourth-order valence-corrected chi connectivity index (χ4v) is 0.535. The monoisotopic (exact) mass is 139 g/mol. The van der Waals surface area contributed by atoms with Crippen LogP contribution in [0, 0.1) is 0 Å². The summed E-state index contributed by atoms with van der Waals surface area (Å²) in [5.74, 6) is -0.287. The topological polar surface area (TPSA) is 62.8 Å². The maximum absolute atomic E-state index is 10.7. The molecule has 0 bridgehead atoms. The van der Waals surface area contributed by atoms with E-state index >= 15 is 0 Å². The van der Waals surface area contributed by atoms with Gasteiger partial charge in [0.15, 0.2) is 5.76 Å². The van der Waals surface area contributed by atoms with E-state index in [0.717, 1.165) is 6.21 Å². The standard InChI is InChI=1S/C6H5NO3/c8-5(4-7-9)6-2-1-3-10-6/h1-4,9H/b7-4+. The van der Waals surface area contributed by atoms with Gasteiger partial charge in [-0.1, -0.05) is 5.16 Å². The Morgan fingerprint density at radius 2 is 2.60 bits per heavy atom. The van der Waals surface area contributed by atoms with Crippen LogP contribution in [0.25, 0.3) is 0 Å². The summed E-state index contributed by atoms with van der Waals surface area (Å²) in [5.41, 5.74) is 0.